The second-order valence-corrected chi connectivity index (χ2v) is 32.5. The van der Waals surface area contributed by atoms with Gasteiger partial charge in [0.1, 0.15) is 130 Å². The first-order chi connectivity index (χ1) is 63.9. The Morgan fingerprint density at radius 2 is 0.848 bits per heavy atom. The van der Waals surface area contributed by atoms with E-state index in [1.54, 1.807) is 137 Å². The number of anilines is 8. The number of rotatable bonds is 25. The summed E-state index contributed by atoms with van der Waals surface area (Å²) in [6.45, 7) is 11.5. The number of benzene rings is 5. The monoisotopic (exact) mass is 1840 g/mol. The van der Waals surface area contributed by atoms with Crippen molar-refractivity contribution < 1.29 is 13.4 Å². The lowest BCUT2D eigenvalue weighted by atomic mass is 10.1. The maximum Gasteiger partial charge on any atom is 0.266 e. The number of nitrogens with one attached hydrogen (secondary N) is 4. The number of halogens is 4. The van der Waals surface area contributed by atoms with E-state index in [9.17, 15) is 23.6 Å². The molecule has 12 heterocycles. The quantitative estimate of drug-likeness (QED) is 0.0263. The Bertz CT molecular complexity index is 7280. The predicted molar refractivity (Wildman–Crippen MR) is 496 cm³/mol. The first kappa shape index (κ1) is 88.7. The molecule has 3 fully saturated rings. The number of nitrogens with zero attached hydrogens (tertiary/aromatic N) is 27. The Kier molecular flexibility index (Phi) is 25.4. The lowest BCUT2D eigenvalue weighted by Crippen LogP contribution is -2.29. The van der Waals surface area contributed by atoms with E-state index in [2.05, 4.69) is 107 Å². The van der Waals surface area contributed by atoms with Crippen LogP contribution in [0, 0.1) is 12.7 Å². The lowest BCUT2D eigenvalue weighted by Gasteiger charge is -2.23. The van der Waals surface area contributed by atoms with Crippen LogP contribution in [-0.2, 0) is 20.5 Å². The van der Waals surface area contributed by atoms with E-state index in [4.69, 9.17) is 86.7 Å². The fourth-order valence-electron chi connectivity index (χ4n) is 15.4. The van der Waals surface area contributed by atoms with Crippen molar-refractivity contribution in [1.82, 2.24) is 133 Å². The molecule has 12 N–H and O–H groups in total. The topological polar surface area (TPSA) is 547 Å². The number of hydrogen-bond donors (Lipinski definition) is 8. The summed E-state index contributed by atoms with van der Waals surface area (Å²) in [5.41, 5.74) is 27.8. The van der Waals surface area contributed by atoms with Crippen LogP contribution in [0.5, 0.6) is 0 Å². The summed E-state index contributed by atoms with van der Waals surface area (Å²) < 4.78 is 33.6. The summed E-state index contributed by atoms with van der Waals surface area (Å²) in [6, 6.07) is 27.8. The van der Waals surface area contributed by atoms with Gasteiger partial charge in [-0.1, -0.05) is 122 Å². The molecule has 0 aliphatic heterocycles. The number of tetrazole rings is 1. The number of nitrogen functional groups attached to an aromatic ring is 4. The molecule has 41 nitrogen and oxygen atoms in total. The number of para-hydroxylation sites is 2. The van der Waals surface area contributed by atoms with E-state index >= 15 is 0 Å². The molecule has 0 amide bonds. The third-order valence-electron chi connectivity index (χ3n) is 22.3. The van der Waals surface area contributed by atoms with Crippen LogP contribution in [0.1, 0.15) is 176 Å². The van der Waals surface area contributed by atoms with Crippen LogP contribution in [0.25, 0.3) is 94.9 Å². The maximum atomic E-state index is 14.9. The Balaban J connectivity index is 0.000000123. The highest BCUT2D eigenvalue weighted by Crippen LogP contribution is 2.44. The SMILES string of the molecule is CC[C@H](Nc1ncnc(N)c1-c1ncn(C)n1)c1nc2cccc(Cl)c2c(=O)n1C1CC1.CC[C@H](Nc1ncnc(N)c1-c1nnn(C)n1)c1nc2cccc(Cl)c2c(=O)n1C1CC1.CC[C@H](Nc1ncnc(N)c1-c1noc(C)n1)c1nc2ccccc2c(=O)n1-c1ccccc1F.CCc1noc(-c2c(N)ncnc2N[C@@H](CC)c2nc3cccc(Cl)c3c(=O)n2C2CC2)n1. The molecule has 0 unspecified atom stereocenters. The van der Waals surface area contributed by atoms with E-state index in [0.717, 1.165) is 38.5 Å². The number of aryl methyl sites for hydroxylation is 4. The molecule has 5 aromatic carbocycles. The zero-order valence-corrected chi connectivity index (χ0v) is 74.6. The summed E-state index contributed by atoms with van der Waals surface area (Å²) >= 11 is 19.0. The van der Waals surface area contributed by atoms with Gasteiger partial charge >= 0.3 is 0 Å². The standard InChI is InChI=1S/C24H21FN8O2.C22H23ClN8O2.C21H22ClN9O.C20H21ClN10O/c1-3-16(30-21-19(20(26)27-12-28-21)22-29-13(2)35-32-22)23-31-17-10-6-4-8-14(17)24(34)33(23)18-11-7-5-9-15(18)25;1-3-13(27-19-17(18(24)25-10-26-19)21-29-15(4-2)30-33-21)20-28-14-7-5-6-12(23)16(14)22(32)31(20)11-8-9-11;1-3-13(27-18-16(17(23)24-9-25-18)19-26-10-30(2)29-19)20-28-14-6-4-5-12(22)15(14)21(32)31(20)11-7-8-11;1-3-12(25-17-15(16(22)23-9-24-17)18-27-29-30(2)28-18)19-26-13-6-4-5-11(21)14(13)20(32)31(19)10-7-8-10/h4-12,16H,3H2,1-2H3,(H3,26,27,28,30);5-7,10-11,13H,3-4,8-9H2,1-2H3,(H3,24,25,26,27);4-6,9-11,13H,3,7-8H2,1-2H3,(H3,23,24,25,27);4-6,9-10,12H,3,7-8H2,1-2H3,(H3,22,23,24,25)/t16-;2*13-;12-/m0000/s1. The summed E-state index contributed by atoms with van der Waals surface area (Å²) in [5, 5.41) is 40.8. The highest BCUT2D eigenvalue weighted by Gasteiger charge is 2.37. The molecule has 17 aromatic rings. The molecule has 0 saturated heterocycles. The van der Waals surface area contributed by atoms with Crippen molar-refractivity contribution in [1.29, 1.82) is 0 Å². The van der Waals surface area contributed by atoms with E-state index in [1.807, 2.05) is 40.7 Å². The van der Waals surface area contributed by atoms with Crippen LogP contribution in [0.15, 0.2) is 163 Å². The van der Waals surface area contributed by atoms with Crippen molar-refractivity contribution in [3.63, 3.8) is 0 Å². The van der Waals surface area contributed by atoms with E-state index in [-0.39, 0.29) is 99.2 Å². The molecule has 0 spiro atoms. The van der Waals surface area contributed by atoms with Gasteiger partial charge in [0.25, 0.3) is 28.1 Å². The van der Waals surface area contributed by atoms with E-state index < -0.39 is 11.9 Å². The normalized spacial score (nSPS) is 13.9. The second kappa shape index (κ2) is 37.8. The van der Waals surface area contributed by atoms with Crippen molar-refractivity contribution in [2.45, 2.75) is 154 Å². The zero-order valence-electron chi connectivity index (χ0n) is 72.4. The number of fused-ring (bicyclic) bond motifs is 4. The molecule has 0 bridgehead atoms. The van der Waals surface area contributed by atoms with Gasteiger partial charge in [0.05, 0.1) is 95.6 Å². The molecule has 3 aliphatic carbocycles. The predicted octanol–water partition coefficient (Wildman–Crippen LogP) is 13.4. The van der Waals surface area contributed by atoms with E-state index in [1.165, 1.54) is 40.7 Å². The van der Waals surface area contributed by atoms with Crippen molar-refractivity contribution in [3.05, 3.63) is 232 Å². The lowest BCUT2D eigenvalue weighted by molar-refractivity contribution is 0.394. The third-order valence-corrected chi connectivity index (χ3v) is 23.2. The van der Waals surface area contributed by atoms with Crippen LogP contribution < -0.4 is 66.4 Å². The molecule has 0 radical (unpaired) electrons. The molecule has 3 aliphatic rings. The van der Waals surface area contributed by atoms with Crippen LogP contribution in [-0.4, -0.2) is 133 Å². The Morgan fingerprint density at radius 3 is 1.25 bits per heavy atom. The van der Waals surface area contributed by atoms with Crippen LogP contribution >= 0.6 is 34.8 Å². The first-order valence-corrected chi connectivity index (χ1v) is 43.7. The van der Waals surface area contributed by atoms with Gasteiger partial charge in [-0.25, -0.2) is 69.2 Å². The van der Waals surface area contributed by atoms with Gasteiger partial charge in [-0.3, -0.25) is 42.1 Å². The largest absolute Gasteiger partial charge is 0.383 e. The Morgan fingerprint density at radius 1 is 0.439 bits per heavy atom. The summed E-state index contributed by atoms with van der Waals surface area (Å²) in [5.74, 6) is 6.30. The molecule has 20 rings (SSSR count). The minimum Gasteiger partial charge on any atom is -0.383 e. The van der Waals surface area contributed by atoms with Gasteiger partial charge < -0.3 is 53.2 Å². The Hall–Kier alpha value is -15.3. The van der Waals surface area contributed by atoms with Crippen LogP contribution in [0.4, 0.5) is 50.9 Å². The Labute approximate surface area is 763 Å². The summed E-state index contributed by atoms with van der Waals surface area (Å²) in [7, 11) is 3.44. The van der Waals surface area contributed by atoms with Gasteiger partial charge in [0, 0.05) is 38.5 Å². The third kappa shape index (κ3) is 17.9. The van der Waals surface area contributed by atoms with E-state index in [0.29, 0.717) is 183 Å². The van der Waals surface area contributed by atoms with Crippen molar-refractivity contribution >= 4 is 125 Å². The second-order valence-electron chi connectivity index (χ2n) is 31.3. The van der Waals surface area contributed by atoms with Gasteiger partial charge in [-0.2, -0.15) is 19.9 Å². The fourth-order valence-corrected chi connectivity index (χ4v) is 16.2. The summed E-state index contributed by atoms with van der Waals surface area (Å²) in [4.78, 5) is 121. The highest BCUT2D eigenvalue weighted by molar-refractivity contribution is 6.36. The average molecular weight is 1840 g/mol. The zero-order chi connectivity index (χ0) is 92.4. The van der Waals surface area contributed by atoms with Gasteiger partial charge in [0.15, 0.2) is 11.6 Å². The highest BCUT2D eigenvalue weighted by atomic mass is 35.5. The van der Waals surface area contributed by atoms with Crippen molar-refractivity contribution in [3.8, 4) is 51.3 Å². The average Bonchev–Trinajstić information content (AvgIpc) is 1.23. The van der Waals surface area contributed by atoms with Crippen LogP contribution in [0.2, 0.25) is 15.1 Å². The smallest absolute Gasteiger partial charge is 0.266 e. The van der Waals surface area contributed by atoms with Crippen LogP contribution in [0.3, 0.4) is 0 Å². The molecule has 45 heteroatoms. The molecule has 674 valence electrons. The number of hydrogen-bond acceptors (Lipinski definition) is 35. The molecule has 132 heavy (non-hydrogen) atoms. The maximum absolute atomic E-state index is 14.9. The number of aromatic nitrogens is 27. The minimum absolute atomic E-state index is 0.0993. The first-order valence-electron chi connectivity index (χ1n) is 42.5. The molecule has 4 atom stereocenters. The van der Waals surface area contributed by atoms with Gasteiger partial charge in [-0.15, -0.1) is 10.2 Å². The molecular weight excluding hydrogens is 1760 g/mol. The molecule has 3 saturated carbocycles. The van der Waals surface area contributed by atoms with Crippen molar-refractivity contribution in [2.24, 2.45) is 14.1 Å². The molecular formula is C87H87Cl3FN35O6. The fraction of sp³-hybridized carbons (Fsp3) is 0.299. The molecule has 12 aromatic heterocycles. The van der Waals surface area contributed by atoms with Crippen molar-refractivity contribution in [2.75, 3.05) is 44.2 Å². The minimum atomic E-state index is -0.562. The number of nitrogens with two attached hydrogens (primary N) is 4. The van der Waals surface area contributed by atoms with Gasteiger partial charge in [0.2, 0.25) is 17.5 Å². The van der Waals surface area contributed by atoms with Gasteiger partial charge in [-0.05, 0) is 130 Å². The summed E-state index contributed by atoms with van der Waals surface area (Å²) in [6.07, 6.45) is 15.6.